The zero-order chi connectivity index (χ0) is 15.2. The summed E-state index contributed by atoms with van der Waals surface area (Å²) in [6.45, 7) is 1.06. The van der Waals surface area contributed by atoms with Crippen molar-refractivity contribution in [2.75, 3.05) is 13.2 Å². The van der Waals surface area contributed by atoms with Crippen molar-refractivity contribution in [1.82, 2.24) is 10.2 Å². The quantitative estimate of drug-likeness (QED) is 0.767. The summed E-state index contributed by atoms with van der Waals surface area (Å²) < 4.78 is 0. The minimum absolute atomic E-state index is 0.000723. The Morgan fingerprint density at radius 2 is 2.00 bits per heavy atom. The molecule has 1 fully saturated rings. The smallest absolute Gasteiger partial charge is 0.317 e. The minimum Gasteiger partial charge on any atom is -0.394 e. The lowest BCUT2D eigenvalue weighted by Crippen LogP contribution is -2.49. The predicted molar refractivity (Wildman–Crippen MR) is 78.6 cm³/mol. The number of benzene rings is 1. The first-order valence-corrected chi connectivity index (χ1v) is 7.16. The lowest BCUT2D eigenvalue weighted by atomic mass is 10.0. The van der Waals surface area contributed by atoms with Crippen molar-refractivity contribution in [3.63, 3.8) is 0 Å². The van der Waals surface area contributed by atoms with E-state index < -0.39 is 5.91 Å². The highest BCUT2D eigenvalue weighted by Crippen LogP contribution is 2.16. The predicted octanol–water partition coefficient (Wildman–Crippen LogP) is 0.842. The molecule has 1 atom stereocenters. The number of urea groups is 1. The van der Waals surface area contributed by atoms with Crippen molar-refractivity contribution in [3.8, 4) is 0 Å². The second-order valence-corrected chi connectivity index (χ2v) is 5.25. The standard InChI is InChI=1S/C15H21N3O3/c16-14(20)12-6-4-11(5-7-12)9-17-15(21)18-8-2-1-3-13(18)10-19/h4-7,13,19H,1-3,8-10H2,(H2,16,20)(H,17,21)/t13-/m0/s1. The van der Waals surface area contributed by atoms with Gasteiger partial charge in [0.15, 0.2) is 0 Å². The molecule has 3 amide bonds. The molecular weight excluding hydrogens is 270 g/mol. The normalized spacial score (nSPS) is 18.3. The number of likely N-dealkylation sites (tertiary alicyclic amines) is 1. The van der Waals surface area contributed by atoms with E-state index in [1.54, 1.807) is 29.2 Å². The third kappa shape index (κ3) is 3.95. The summed E-state index contributed by atoms with van der Waals surface area (Å²) in [6, 6.07) is 6.56. The summed E-state index contributed by atoms with van der Waals surface area (Å²) in [5, 5.41) is 12.2. The topological polar surface area (TPSA) is 95.7 Å². The van der Waals surface area contributed by atoms with Gasteiger partial charge in [0.05, 0.1) is 12.6 Å². The molecule has 6 heteroatoms. The van der Waals surface area contributed by atoms with Crippen LogP contribution < -0.4 is 11.1 Å². The van der Waals surface area contributed by atoms with Crippen LogP contribution in [-0.4, -0.2) is 41.1 Å². The van der Waals surface area contributed by atoms with Crippen molar-refractivity contribution in [1.29, 1.82) is 0 Å². The van der Waals surface area contributed by atoms with Crippen LogP contribution in [0.4, 0.5) is 4.79 Å². The number of aliphatic hydroxyl groups excluding tert-OH is 1. The number of hydrogen-bond acceptors (Lipinski definition) is 3. The maximum Gasteiger partial charge on any atom is 0.317 e. The third-order valence-corrected chi connectivity index (χ3v) is 3.78. The van der Waals surface area contributed by atoms with Crippen molar-refractivity contribution >= 4 is 11.9 Å². The van der Waals surface area contributed by atoms with E-state index in [-0.39, 0.29) is 18.7 Å². The van der Waals surface area contributed by atoms with E-state index in [0.717, 1.165) is 24.8 Å². The van der Waals surface area contributed by atoms with Gasteiger partial charge in [0.25, 0.3) is 0 Å². The minimum atomic E-state index is -0.468. The fraction of sp³-hybridized carbons (Fsp3) is 0.467. The summed E-state index contributed by atoms with van der Waals surface area (Å²) >= 11 is 0. The molecule has 1 aliphatic heterocycles. The van der Waals surface area contributed by atoms with Crippen LogP contribution in [0.3, 0.4) is 0 Å². The third-order valence-electron chi connectivity index (χ3n) is 3.78. The first-order chi connectivity index (χ1) is 10.1. The molecule has 1 aliphatic rings. The van der Waals surface area contributed by atoms with E-state index in [1.807, 2.05) is 0 Å². The maximum atomic E-state index is 12.1. The first kappa shape index (κ1) is 15.3. The van der Waals surface area contributed by atoms with Crippen molar-refractivity contribution in [2.45, 2.75) is 31.8 Å². The number of hydrogen-bond donors (Lipinski definition) is 3. The van der Waals surface area contributed by atoms with Crippen molar-refractivity contribution < 1.29 is 14.7 Å². The molecule has 0 bridgehead atoms. The number of piperidine rings is 1. The number of aliphatic hydroxyl groups is 1. The summed E-state index contributed by atoms with van der Waals surface area (Å²) in [5.41, 5.74) is 6.52. The fourth-order valence-corrected chi connectivity index (χ4v) is 2.52. The van der Waals surface area contributed by atoms with Crippen LogP contribution in [0, 0.1) is 0 Å². The molecule has 4 N–H and O–H groups in total. The van der Waals surface area contributed by atoms with Gasteiger partial charge in [-0.2, -0.15) is 0 Å². The highest BCUT2D eigenvalue weighted by atomic mass is 16.3. The molecule has 114 valence electrons. The zero-order valence-electron chi connectivity index (χ0n) is 11.9. The monoisotopic (exact) mass is 291 g/mol. The van der Waals surface area contributed by atoms with Crippen LogP contribution in [0.1, 0.15) is 35.2 Å². The zero-order valence-corrected chi connectivity index (χ0v) is 11.9. The lowest BCUT2D eigenvalue weighted by Gasteiger charge is -2.34. The van der Waals surface area contributed by atoms with E-state index >= 15 is 0 Å². The molecule has 1 aromatic rings. The van der Waals surface area contributed by atoms with Crippen LogP contribution in [0.5, 0.6) is 0 Å². The molecule has 1 heterocycles. The Balaban J connectivity index is 1.89. The molecular formula is C15H21N3O3. The first-order valence-electron chi connectivity index (χ1n) is 7.16. The average molecular weight is 291 g/mol. The Kier molecular flexibility index (Phi) is 5.16. The Bertz CT molecular complexity index is 501. The van der Waals surface area contributed by atoms with Gasteiger partial charge >= 0.3 is 6.03 Å². The second kappa shape index (κ2) is 7.08. The number of carbonyl (C=O) groups is 2. The Hall–Kier alpha value is -2.08. The molecule has 0 radical (unpaired) electrons. The van der Waals surface area contributed by atoms with Gasteiger partial charge in [0.1, 0.15) is 0 Å². The van der Waals surface area contributed by atoms with Crippen LogP contribution in [0.2, 0.25) is 0 Å². The van der Waals surface area contributed by atoms with Crippen LogP contribution in [0.25, 0.3) is 0 Å². The highest BCUT2D eigenvalue weighted by Gasteiger charge is 2.25. The summed E-state index contributed by atoms with van der Waals surface area (Å²) in [4.78, 5) is 24.8. The van der Waals surface area contributed by atoms with Gasteiger partial charge in [0.2, 0.25) is 5.91 Å². The van der Waals surface area contributed by atoms with Gasteiger partial charge in [-0.05, 0) is 37.0 Å². The molecule has 1 aromatic carbocycles. The highest BCUT2D eigenvalue weighted by molar-refractivity contribution is 5.92. The van der Waals surface area contributed by atoms with E-state index in [1.165, 1.54) is 0 Å². The molecule has 1 saturated heterocycles. The lowest BCUT2D eigenvalue weighted by molar-refractivity contribution is 0.1000. The largest absolute Gasteiger partial charge is 0.394 e. The number of carbonyl (C=O) groups excluding carboxylic acids is 2. The Morgan fingerprint density at radius 3 is 2.62 bits per heavy atom. The number of rotatable bonds is 4. The van der Waals surface area contributed by atoms with Crippen LogP contribution >= 0.6 is 0 Å². The molecule has 0 spiro atoms. The van der Waals surface area contributed by atoms with Crippen LogP contribution in [0.15, 0.2) is 24.3 Å². The molecule has 0 saturated carbocycles. The van der Waals surface area contributed by atoms with Gasteiger partial charge in [-0.15, -0.1) is 0 Å². The van der Waals surface area contributed by atoms with Crippen molar-refractivity contribution in [2.24, 2.45) is 5.73 Å². The maximum absolute atomic E-state index is 12.1. The number of amides is 3. The van der Waals surface area contributed by atoms with Gasteiger partial charge in [-0.1, -0.05) is 12.1 Å². The van der Waals surface area contributed by atoms with Crippen molar-refractivity contribution in [3.05, 3.63) is 35.4 Å². The Morgan fingerprint density at radius 1 is 1.29 bits per heavy atom. The SMILES string of the molecule is NC(=O)c1ccc(CNC(=O)N2CCCC[C@H]2CO)cc1. The van der Waals surface area contributed by atoms with E-state index in [2.05, 4.69) is 5.32 Å². The van der Waals surface area contributed by atoms with Crippen LogP contribution in [-0.2, 0) is 6.54 Å². The molecule has 6 nitrogen and oxygen atoms in total. The number of nitrogens with one attached hydrogen (secondary N) is 1. The molecule has 2 rings (SSSR count). The average Bonchev–Trinajstić information content (AvgIpc) is 2.52. The summed E-state index contributed by atoms with van der Waals surface area (Å²) in [5.74, 6) is -0.468. The summed E-state index contributed by atoms with van der Waals surface area (Å²) in [6.07, 6.45) is 2.86. The van der Waals surface area contributed by atoms with Gasteiger partial charge in [-0.3, -0.25) is 4.79 Å². The summed E-state index contributed by atoms with van der Waals surface area (Å²) in [7, 11) is 0. The number of nitrogens with zero attached hydrogens (tertiary/aromatic N) is 1. The van der Waals surface area contributed by atoms with E-state index in [0.29, 0.717) is 18.7 Å². The molecule has 0 aromatic heterocycles. The second-order valence-electron chi connectivity index (χ2n) is 5.25. The Labute approximate surface area is 123 Å². The molecule has 0 unspecified atom stereocenters. The van der Waals surface area contributed by atoms with E-state index in [9.17, 15) is 14.7 Å². The molecule has 21 heavy (non-hydrogen) atoms. The van der Waals surface area contributed by atoms with Gasteiger partial charge < -0.3 is 21.1 Å². The number of nitrogens with two attached hydrogens (primary N) is 1. The van der Waals surface area contributed by atoms with E-state index in [4.69, 9.17) is 5.73 Å². The fourth-order valence-electron chi connectivity index (χ4n) is 2.52. The van der Waals surface area contributed by atoms with Gasteiger partial charge in [-0.25, -0.2) is 4.79 Å². The number of primary amides is 1. The van der Waals surface area contributed by atoms with Gasteiger partial charge in [0, 0.05) is 18.7 Å². The molecule has 0 aliphatic carbocycles.